The van der Waals surface area contributed by atoms with E-state index in [-0.39, 0.29) is 11.3 Å². The summed E-state index contributed by atoms with van der Waals surface area (Å²) in [5.74, 6) is 0.202. The van der Waals surface area contributed by atoms with Crippen LogP contribution in [0.2, 0.25) is 0 Å². The summed E-state index contributed by atoms with van der Waals surface area (Å²) in [7, 11) is 0. The van der Waals surface area contributed by atoms with Crippen LogP contribution in [0, 0.1) is 6.92 Å². The minimum atomic E-state index is -4.79. The lowest BCUT2D eigenvalue weighted by molar-refractivity contribution is -0.274. The maximum absolute atomic E-state index is 13.6. The number of para-hydroxylation sites is 1. The van der Waals surface area contributed by atoms with E-state index in [4.69, 9.17) is 4.98 Å². The summed E-state index contributed by atoms with van der Waals surface area (Å²) >= 11 is 1.38. The van der Waals surface area contributed by atoms with Crippen LogP contribution < -0.4 is 10.3 Å². The predicted octanol–water partition coefficient (Wildman–Crippen LogP) is 6.37. The van der Waals surface area contributed by atoms with E-state index in [2.05, 4.69) is 9.72 Å². The van der Waals surface area contributed by atoms with E-state index in [0.29, 0.717) is 27.6 Å². The average Bonchev–Trinajstić information content (AvgIpc) is 3.18. The topological polar surface area (TPSA) is 59.9 Å². The van der Waals surface area contributed by atoms with Gasteiger partial charge in [-0.1, -0.05) is 59.8 Å². The van der Waals surface area contributed by atoms with Crippen molar-refractivity contribution in [3.8, 4) is 11.4 Å². The third kappa shape index (κ3) is 4.38. The molecule has 9 heteroatoms. The Morgan fingerprint density at radius 3 is 2.41 bits per heavy atom. The van der Waals surface area contributed by atoms with Crippen LogP contribution in [0.25, 0.3) is 27.6 Å². The number of aromatic nitrogens is 3. The Labute approximate surface area is 196 Å². The van der Waals surface area contributed by atoms with Gasteiger partial charge in [-0.05, 0) is 42.8 Å². The minimum absolute atomic E-state index is 0.330. The van der Waals surface area contributed by atoms with E-state index in [1.807, 2.05) is 55.5 Å². The third-order valence-corrected chi connectivity index (χ3v) is 6.32. The summed E-state index contributed by atoms with van der Waals surface area (Å²) in [5, 5.41) is 1.26. The maximum Gasteiger partial charge on any atom is 0.573 e. The smallest absolute Gasteiger partial charge is 0.406 e. The molecule has 0 bridgehead atoms. The number of nitrogens with zero attached hydrogens (tertiary/aromatic N) is 2. The zero-order valence-electron chi connectivity index (χ0n) is 17.9. The molecule has 0 atom stereocenters. The number of nitrogens with one attached hydrogen (secondary N) is 1. The second kappa shape index (κ2) is 8.57. The first-order valence-electron chi connectivity index (χ1n) is 10.4. The van der Waals surface area contributed by atoms with Gasteiger partial charge in [0.25, 0.3) is 5.56 Å². The van der Waals surface area contributed by atoms with E-state index in [9.17, 15) is 18.0 Å². The van der Waals surface area contributed by atoms with Crippen molar-refractivity contribution in [3.05, 3.63) is 94.3 Å². The van der Waals surface area contributed by atoms with E-state index in [1.54, 1.807) is 0 Å². The van der Waals surface area contributed by atoms with Crippen molar-refractivity contribution in [2.45, 2.75) is 24.2 Å². The zero-order chi connectivity index (χ0) is 23.9. The van der Waals surface area contributed by atoms with Crippen LogP contribution in [0.1, 0.15) is 11.1 Å². The Morgan fingerprint density at radius 1 is 1.00 bits per heavy atom. The lowest BCUT2D eigenvalue weighted by Crippen LogP contribution is -2.22. The Kier molecular flexibility index (Phi) is 5.57. The summed E-state index contributed by atoms with van der Waals surface area (Å²) in [6.07, 6.45) is -4.79. The lowest BCUT2D eigenvalue weighted by Gasteiger charge is -2.14. The molecule has 1 N–H and O–H groups in total. The highest BCUT2D eigenvalue weighted by molar-refractivity contribution is 7.98. The summed E-state index contributed by atoms with van der Waals surface area (Å²) < 4.78 is 43.1. The first-order valence-corrected chi connectivity index (χ1v) is 11.3. The number of alkyl halides is 3. The third-order valence-electron chi connectivity index (χ3n) is 5.31. The van der Waals surface area contributed by atoms with Crippen molar-refractivity contribution in [3.63, 3.8) is 0 Å². The normalized spacial score (nSPS) is 11.9. The van der Waals surface area contributed by atoms with E-state index in [0.717, 1.165) is 22.0 Å². The highest BCUT2D eigenvalue weighted by Crippen LogP contribution is 2.29. The van der Waals surface area contributed by atoms with Gasteiger partial charge in [-0.25, -0.2) is 4.98 Å². The average molecular weight is 481 g/mol. The van der Waals surface area contributed by atoms with E-state index < -0.39 is 6.36 Å². The Bertz CT molecular complexity index is 1540. The van der Waals surface area contributed by atoms with Crippen molar-refractivity contribution < 1.29 is 17.9 Å². The largest absolute Gasteiger partial charge is 0.573 e. The van der Waals surface area contributed by atoms with E-state index in [1.165, 1.54) is 40.6 Å². The molecule has 0 fully saturated rings. The fourth-order valence-electron chi connectivity index (χ4n) is 3.70. The van der Waals surface area contributed by atoms with Gasteiger partial charge in [0, 0.05) is 16.7 Å². The van der Waals surface area contributed by atoms with Crippen LogP contribution in [0.15, 0.2) is 82.7 Å². The molecule has 0 unspecified atom stereocenters. The van der Waals surface area contributed by atoms with E-state index >= 15 is 0 Å². The van der Waals surface area contributed by atoms with Crippen molar-refractivity contribution >= 4 is 33.7 Å². The lowest BCUT2D eigenvalue weighted by atomic mass is 10.2. The maximum atomic E-state index is 13.6. The highest BCUT2D eigenvalue weighted by atomic mass is 32.2. The van der Waals surface area contributed by atoms with Crippen LogP contribution >= 0.6 is 11.8 Å². The summed E-state index contributed by atoms with van der Waals surface area (Å²) in [4.78, 5) is 21.5. The van der Waals surface area contributed by atoms with Gasteiger partial charge in [0.05, 0.1) is 5.69 Å². The van der Waals surface area contributed by atoms with Gasteiger partial charge in [0.15, 0.2) is 5.16 Å². The highest BCUT2D eigenvalue weighted by Gasteiger charge is 2.31. The number of hydrogen-bond donors (Lipinski definition) is 1. The van der Waals surface area contributed by atoms with Crippen molar-refractivity contribution in [2.24, 2.45) is 0 Å². The SMILES string of the molecule is Cc1ccc(CSc2nc3c([nH]c4ccccc43)c(=O)n2-c2ccc(OC(F)(F)F)cc2)cc1. The Balaban J connectivity index is 1.62. The first kappa shape index (κ1) is 22.1. The molecule has 0 saturated carbocycles. The molecule has 0 saturated heterocycles. The summed E-state index contributed by atoms with van der Waals surface area (Å²) in [6.45, 7) is 2.01. The van der Waals surface area contributed by atoms with Crippen molar-refractivity contribution in [1.29, 1.82) is 0 Å². The van der Waals surface area contributed by atoms with Gasteiger partial charge in [-0.2, -0.15) is 0 Å². The molecule has 5 rings (SSSR count). The molecule has 0 radical (unpaired) electrons. The number of H-pyrrole nitrogens is 1. The van der Waals surface area contributed by atoms with Crippen LogP contribution in [0.5, 0.6) is 5.75 Å². The number of thioether (sulfide) groups is 1. The van der Waals surface area contributed by atoms with Gasteiger partial charge < -0.3 is 9.72 Å². The molecule has 0 aliphatic rings. The van der Waals surface area contributed by atoms with Crippen LogP contribution in [0.4, 0.5) is 13.2 Å². The number of ether oxygens (including phenoxy) is 1. The molecule has 3 aromatic carbocycles. The summed E-state index contributed by atoms with van der Waals surface area (Å²) in [6, 6.07) is 20.7. The van der Waals surface area contributed by atoms with Gasteiger partial charge in [0.2, 0.25) is 0 Å². The quantitative estimate of drug-likeness (QED) is 0.234. The van der Waals surface area contributed by atoms with Gasteiger partial charge in [-0.15, -0.1) is 13.2 Å². The van der Waals surface area contributed by atoms with Crippen LogP contribution in [0.3, 0.4) is 0 Å². The summed E-state index contributed by atoms with van der Waals surface area (Å²) in [5.41, 5.74) is 3.92. The van der Waals surface area contributed by atoms with Crippen molar-refractivity contribution in [1.82, 2.24) is 14.5 Å². The number of fused-ring (bicyclic) bond motifs is 3. The predicted molar refractivity (Wildman–Crippen MR) is 127 cm³/mol. The number of aryl methyl sites for hydroxylation is 1. The number of aromatic amines is 1. The fraction of sp³-hybridized carbons (Fsp3) is 0.120. The molecule has 172 valence electrons. The molecule has 0 aliphatic carbocycles. The van der Waals surface area contributed by atoms with Crippen LogP contribution in [-0.2, 0) is 5.75 Å². The van der Waals surface area contributed by atoms with Crippen LogP contribution in [-0.4, -0.2) is 20.9 Å². The number of benzene rings is 3. The minimum Gasteiger partial charge on any atom is -0.406 e. The molecule has 2 aromatic heterocycles. The van der Waals surface area contributed by atoms with Crippen molar-refractivity contribution in [2.75, 3.05) is 0 Å². The number of halogens is 3. The van der Waals surface area contributed by atoms with Gasteiger partial charge in [-0.3, -0.25) is 9.36 Å². The second-order valence-corrected chi connectivity index (χ2v) is 8.69. The zero-order valence-corrected chi connectivity index (χ0v) is 18.7. The van der Waals surface area contributed by atoms with Gasteiger partial charge in [0.1, 0.15) is 16.8 Å². The first-order chi connectivity index (χ1) is 16.3. The Morgan fingerprint density at radius 2 is 1.71 bits per heavy atom. The molecule has 2 heterocycles. The molecular formula is C25H18F3N3O2S. The monoisotopic (exact) mass is 481 g/mol. The molecule has 5 nitrogen and oxygen atoms in total. The molecule has 0 aliphatic heterocycles. The number of rotatable bonds is 5. The molecule has 0 amide bonds. The molecule has 34 heavy (non-hydrogen) atoms. The Hall–Kier alpha value is -3.72. The molecule has 0 spiro atoms. The molecule has 5 aromatic rings. The van der Waals surface area contributed by atoms with Gasteiger partial charge >= 0.3 is 6.36 Å². The number of hydrogen-bond acceptors (Lipinski definition) is 4. The standard InChI is InChI=1S/C25H18F3N3O2S/c1-15-6-8-16(9-7-15)14-34-24-30-21-19-4-2-3-5-20(19)29-22(21)23(32)31(24)17-10-12-18(13-11-17)33-25(26,27)28/h2-13,29H,14H2,1H3. The fourth-order valence-corrected chi connectivity index (χ4v) is 4.66. The molecular weight excluding hydrogens is 463 g/mol. The second-order valence-electron chi connectivity index (χ2n) is 7.75.